The number of nitrogens with zero attached hydrogens (tertiary/aromatic N) is 2. The molecule has 12 heteroatoms. The Morgan fingerprint density at radius 3 is 2.62 bits per heavy atom. The minimum absolute atomic E-state index is 0.114. The molecule has 4 aromatic rings. The molecule has 4 bridgehead atoms. The predicted octanol–water partition coefficient (Wildman–Crippen LogP) is 4.13. The van der Waals surface area contributed by atoms with Crippen LogP contribution in [0.5, 0.6) is 5.75 Å². The molecule has 11 nitrogen and oxygen atoms in total. The molecule has 0 fully saturated rings. The second kappa shape index (κ2) is 10.4. The summed E-state index contributed by atoms with van der Waals surface area (Å²) in [5.41, 5.74) is 2.34. The van der Waals surface area contributed by atoms with Crippen LogP contribution in [-0.2, 0) is 21.4 Å². The minimum Gasteiger partial charge on any atom is -0.469 e. The number of fused-ring (bicyclic) bond motifs is 4. The van der Waals surface area contributed by atoms with Gasteiger partial charge in [-0.25, -0.2) is 14.4 Å². The van der Waals surface area contributed by atoms with Gasteiger partial charge >= 0.3 is 0 Å². The third-order valence-electron chi connectivity index (χ3n) is 8.83. The van der Waals surface area contributed by atoms with Crippen molar-refractivity contribution in [3.8, 4) is 17.3 Å². The fourth-order valence-electron chi connectivity index (χ4n) is 6.49. The number of anilines is 1. The molecular formula is C33H34FN5O6. The number of aliphatic hydroxyl groups excluding tert-OH is 1. The molecule has 2 aromatic heterocycles. The second-order valence-electron chi connectivity index (χ2n) is 12.7. The van der Waals surface area contributed by atoms with E-state index in [0.717, 1.165) is 0 Å². The van der Waals surface area contributed by atoms with Gasteiger partial charge in [-0.2, -0.15) is 0 Å². The highest BCUT2D eigenvalue weighted by atomic mass is 19.1. The van der Waals surface area contributed by atoms with E-state index in [2.05, 4.69) is 20.9 Å². The third kappa shape index (κ3) is 4.49. The van der Waals surface area contributed by atoms with Gasteiger partial charge < -0.3 is 34.6 Å². The fraction of sp³-hybridized carbons (Fsp3) is 0.394. The van der Waals surface area contributed by atoms with E-state index in [4.69, 9.17) is 18.6 Å². The first-order valence-corrected chi connectivity index (χ1v) is 15.1. The number of aromatic nitrogens is 2. The van der Waals surface area contributed by atoms with Gasteiger partial charge in [0.25, 0.3) is 0 Å². The van der Waals surface area contributed by atoms with E-state index in [1.165, 1.54) is 18.4 Å². The van der Waals surface area contributed by atoms with Crippen molar-refractivity contribution in [1.29, 1.82) is 0 Å². The number of hydrogen-bond acceptors (Lipinski definition) is 9. The number of nitrogens with one attached hydrogen (secondary N) is 3. The van der Waals surface area contributed by atoms with Gasteiger partial charge in [-0.05, 0) is 48.6 Å². The number of aryl methyl sites for hydroxylation is 1. The van der Waals surface area contributed by atoms with Gasteiger partial charge in [0.1, 0.15) is 41.4 Å². The van der Waals surface area contributed by atoms with Crippen molar-refractivity contribution in [3.05, 3.63) is 82.5 Å². The van der Waals surface area contributed by atoms with Crippen LogP contribution in [0.2, 0.25) is 0 Å². The molecule has 0 unspecified atom stereocenters. The van der Waals surface area contributed by atoms with Crippen molar-refractivity contribution < 1.29 is 32.7 Å². The smallest absolute Gasteiger partial charge is 0.249 e. The fourth-order valence-corrected chi connectivity index (χ4v) is 6.49. The molecule has 0 radical (unpaired) electrons. The molecule has 0 saturated heterocycles. The van der Waals surface area contributed by atoms with Crippen LogP contribution in [0.4, 0.5) is 10.1 Å². The quantitative estimate of drug-likeness (QED) is 0.260. The van der Waals surface area contributed by atoms with E-state index >= 15 is 4.39 Å². The lowest BCUT2D eigenvalue weighted by molar-refractivity contribution is -0.135. The Kier molecular flexibility index (Phi) is 6.73. The van der Waals surface area contributed by atoms with Gasteiger partial charge in [0.2, 0.25) is 23.6 Å². The van der Waals surface area contributed by atoms with Crippen LogP contribution in [0.3, 0.4) is 0 Å². The van der Waals surface area contributed by atoms with Gasteiger partial charge in [0.15, 0.2) is 17.7 Å². The van der Waals surface area contributed by atoms with Crippen LogP contribution >= 0.6 is 0 Å². The molecular weight excluding hydrogens is 581 g/mol. The zero-order valence-corrected chi connectivity index (χ0v) is 25.5. The lowest BCUT2D eigenvalue weighted by atomic mass is 9.72. The first-order valence-electron chi connectivity index (χ1n) is 15.1. The predicted molar refractivity (Wildman–Crippen MR) is 160 cm³/mol. The molecule has 3 aliphatic heterocycles. The number of hydrogen-bond donors (Lipinski definition) is 4. The van der Waals surface area contributed by atoms with E-state index < -0.39 is 47.5 Å². The molecule has 5 atom stereocenters. The summed E-state index contributed by atoms with van der Waals surface area (Å²) in [6, 6.07) is 8.24. The monoisotopic (exact) mass is 615 g/mol. The van der Waals surface area contributed by atoms with Gasteiger partial charge in [0.05, 0.1) is 5.69 Å². The van der Waals surface area contributed by atoms with Gasteiger partial charge in [-0.3, -0.25) is 9.59 Å². The Labute approximate surface area is 258 Å². The lowest BCUT2D eigenvalue weighted by Crippen LogP contribution is -2.52. The van der Waals surface area contributed by atoms with Crippen molar-refractivity contribution >= 4 is 17.5 Å². The van der Waals surface area contributed by atoms with Gasteiger partial charge in [-0.15, -0.1) is 0 Å². The molecule has 7 rings (SSSR count). The molecule has 0 aliphatic carbocycles. The number of carbonyl (C=O) groups excluding carboxylic acids is 2. The maximum absolute atomic E-state index is 15.0. The third-order valence-corrected chi connectivity index (χ3v) is 8.83. The number of oxazole rings is 2. The van der Waals surface area contributed by atoms with E-state index in [-0.39, 0.29) is 30.0 Å². The van der Waals surface area contributed by atoms with Crippen LogP contribution in [0.15, 0.2) is 51.5 Å². The standard InChI is InChI=1S/C33H34FN5O6/c1-14(2)24-31-39-25(30-35-16(5)13-43-30)27(45-31)33-19-12-18(34)7-8-21(19)37-32(33)44-23-9-6-17(10-20(23)33)11-22(28(41)38-24)36-29(42)26(40)15(3)4/h6-10,12-15,22,24,26,32,37,40H,11H2,1-5H3,(H,36,42)(H,38,41)/t22-,24-,26-,32+,33-/m0/s1. The normalized spacial score (nSPS) is 23.8. The summed E-state index contributed by atoms with van der Waals surface area (Å²) in [6.07, 6.45) is -0.408. The van der Waals surface area contributed by atoms with E-state index in [1.807, 2.05) is 26.0 Å². The SMILES string of the molecule is Cc1coc(-c2nc3oc2[C@@]24c5cc(F)ccc5N[C@@H]2Oc2ccc(cc24)C[C@H](NC(=O)[C@@H](O)C(C)C)C(=O)N[C@H]3C(C)C)n1. The second-order valence-corrected chi connectivity index (χ2v) is 12.7. The molecule has 1 spiro atoms. The largest absolute Gasteiger partial charge is 0.469 e. The number of halogens is 1. The minimum atomic E-state index is -1.30. The first kappa shape index (κ1) is 29.0. The molecule has 45 heavy (non-hydrogen) atoms. The van der Waals surface area contributed by atoms with Crippen LogP contribution in [0.25, 0.3) is 11.6 Å². The van der Waals surface area contributed by atoms with Gasteiger partial charge in [-0.1, -0.05) is 39.8 Å². The molecule has 4 N–H and O–H groups in total. The summed E-state index contributed by atoms with van der Waals surface area (Å²) >= 11 is 0. The highest BCUT2D eigenvalue weighted by molar-refractivity contribution is 5.90. The number of aliphatic hydroxyl groups is 1. The van der Waals surface area contributed by atoms with Crippen molar-refractivity contribution in [2.75, 3.05) is 5.32 Å². The number of rotatable bonds is 5. The van der Waals surface area contributed by atoms with E-state index in [0.29, 0.717) is 45.3 Å². The van der Waals surface area contributed by atoms with Crippen molar-refractivity contribution in [2.45, 2.75) is 70.9 Å². The number of amides is 2. The summed E-state index contributed by atoms with van der Waals surface area (Å²) in [4.78, 5) is 36.3. The number of carbonyl (C=O) groups is 2. The number of benzene rings is 2. The van der Waals surface area contributed by atoms with Gasteiger partial charge in [0, 0.05) is 23.2 Å². The molecule has 3 aliphatic rings. The lowest BCUT2D eigenvalue weighted by Gasteiger charge is -2.29. The Morgan fingerprint density at radius 2 is 1.91 bits per heavy atom. The summed E-state index contributed by atoms with van der Waals surface area (Å²) in [6.45, 7) is 9.06. The van der Waals surface area contributed by atoms with Crippen molar-refractivity contribution in [3.63, 3.8) is 0 Å². The number of ether oxygens (including phenoxy) is 1. The Hall–Kier alpha value is -4.71. The maximum Gasteiger partial charge on any atom is 0.249 e. The van der Waals surface area contributed by atoms with Crippen molar-refractivity contribution in [1.82, 2.24) is 20.6 Å². The zero-order chi connectivity index (χ0) is 31.8. The summed E-state index contributed by atoms with van der Waals surface area (Å²) in [7, 11) is 0. The van der Waals surface area contributed by atoms with E-state index in [9.17, 15) is 14.7 Å². The van der Waals surface area contributed by atoms with Crippen molar-refractivity contribution in [2.24, 2.45) is 11.8 Å². The first-order chi connectivity index (χ1) is 21.5. The van der Waals surface area contributed by atoms with Crippen LogP contribution in [0.1, 0.15) is 67.8 Å². The highest BCUT2D eigenvalue weighted by Crippen LogP contribution is 2.59. The molecule has 234 valence electrons. The maximum atomic E-state index is 15.0. The molecule has 2 amide bonds. The topological polar surface area (TPSA) is 152 Å². The highest BCUT2D eigenvalue weighted by Gasteiger charge is 2.61. The Morgan fingerprint density at radius 1 is 1.11 bits per heavy atom. The molecule has 0 saturated carbocycles. The Bertz CT molecular complexity index is 1830. The summed E-state index contributed by atoms with van der Waals surface area (Å²) in [5.74, 6) is -0.837. The average Bonchev–Trinajstić information content (AvgIpc) is 3.75. The Balaban J connectivity index is 1.49. The average molecular weight is 616 g/mol. The molecule has 5 heterocycles. The molecule has 2 aromatic carbocycles. The summed E-state index contributed by atoms with van der Waals surface area (Å²) < 4.78 is 34.1. The zero-order valence-electron chi connectivity index (χ0n) is 25.5. The van der Waals surface area contributed by atoms with E-state index in [1.54, 1.807) is 32.9 Å². The summed E-state index contributed by atoms with van der Waals surface area (Å²) in [5, 5.41) is 19.6. The van der Waals surface area contributed by atoms with Crippen LogP contribution in [-0.4, -0.2) is 45.3 Å². The van der Waals surface area contributed by atoms with Crippen LogP contribution < -0.4 is 20.7 Å². The van der Waals surface area contributed by atoms with Crippen LogP contribution in [0, 0.1) is 24.6 Å².